The molecule has 1 aromatic rings. The van der Waals surface area contributed by atoms with E-state index in [1.165, 1.54) is 4.31 Å². The lowest BCUT2D eigenvalue weighted by Crippen LogP contribution is -2.37. The monoisotopic (exact) mass is 332 g/mol. The van der Waals surface area contributed by atoms with Crippen LogP contribution in [0.1, 0.15) is 45.6 Å². The predicted molar refractivity (Wildman–Crippen MR) is 87.9 cm³/mol. The lowest BCUT2D eigenvalue weighted by molar-refractivity contribution is 0.345. The maximum atomic E-state index is 12.8. The van der Waals surface area contributed by atoms with Crippen molar-refractivity contribution in [3.63, 3.8) is 0 Å². The summed E-state index contributed by atoms with van der Waals surface area (Å²) in [5, 5.41) is 0.235. The molecule has 0 saturated heterocycles. The Balaban J connectivity index is 3.11. The third-order valence-electron chi connectivity index (χ3n) is 3.38. The van der Waals surface area contributed by atoms with Gasteiger partial charge in [0.25, 0.3) is 0 Å². The van der Waals surface area contributed by atoms with E-state index in [9.17, 15) is 8.42 Å². The Morgan fingerprint density at radius 1 is 1.29 bits per heavy atom. The van der Waals surface area contributed by atoms with Gasteiger partial charge in [0.05, 0.1) is 5.02 Å². The Bertz CT molecular complexity index is 559. The zero-order valence-corrected chi connectivity index (χ0v) is 14.5. The summed E-state index contributed by atoms with van der Waals surface area (Å²) in [5.41, 5.74) is 6.37. The zero-order chi connectivity index (χ0) is 16.0. The second-order valence-electron chi connectivity index (χ2n) is 5.39. The van der Waals surface area contributed by atoms with Crippen molar-refractivity contribution < 1.29 is 8.42 Å². The van der Waals surface area contributed by atoms with Crippen LogP contribution in [0.2, 0.25) is 5.02 Å². The van der Waals surface area contributed by atoms with Crippen molar-refractivity contribution in [3.05, 3.63) is 28.8 Å². The average molecular weight is 333 g/mol. The van der Waals surface area contributed by atoms with Crippen molar-refractivity contribution in [3.8, 4) is 0 Å². The Hall–Kier alpha value is -0.620. The smallest absolute Gasteiger partial charge is 0.244 e. The maximum absolute atomic E-state index is 12.8. The molecule has 0 fully saturated rings. The van der Waals surface area contributed by atoms with Crippen molar-refractivity contribution in [1.82, 2.24) is 4.31 Å². The minimum atomic E-state index is -3.58. The van der Waals surface area contributed by atoms with Crippen molar-refractivity contribution in [2.75, 3.05) is 6.54 Å². The van der Waals surface area contributed by atoms with Crippen LogP contribution in [0.3, 0.4) is 0 Å². The Labute approximate surface area is 133 Å². The van der Waals surface area contributed by atoms with Gasteiger partial charge in [0, 0.05) is 19.1 Å². The molecule has 120 valence electrons. The highest BCUT2D eigenvalue weighted by Crippen LogP contribution is 2.27. The lowest BCUT2D eigenvalue weighted by atomic mass is 10.2. The first-order valence-electron chi connectivity index (χ1n) is 7.35. The quantitative estimate of drug-likeness (QED) is 0.742. The van der Waals surface area contributed by atoms with E-state index in [1.807, 2.05) is 13.8 Å². The molecule has 0 aromatic heterocycles. The summed E-state index contributed by atoms with van der Waals surface area (Å²) in [6.07, 6.45) is 2.92. The molecule has 6 heteroatoms. The van der Waals surface area contributed by atoms with E-state index in [1.54, 1.807) is 18.2 Å². The molecule has 0 heterocycles. The van der Waals surface area contributed by atoms with Crippen LogP contribution in [0, 0.1) is 0 Å². The minimum absolute atomic E-state index is 0.0999. The first kappa shape index (κ1) is 18.4. The molecule has 21 heavy (non-hydrogen) atoms. The van der Waals surface area contributed by atoms with Gasteiger partial charge in [-0.3, -0.25) is 0 Å². The standard InChI is InChI=1S/C15H25ClN2O2S/c1-4-5-6-9-18(12(2)3)21(19,20)15-8-7-13(11-17)10-14(15)16/h7-8,10,12H,4-6,9,11,17H2,1-3H3. The molecule has 1 rings (SSSR count). The van der Waals surface area contributed by atoms with Gasteiger partial charge in [0.15, 0.2) is 0 Å². The molecule has 0 aliphatic carbocycles. The van der Waals surface area contributed by atoms with Crippen LogP contribution in [-0.4, -0.2) is 25.3 Å². The summed E-state index contributed by atoms with van der Waals surface area (Å²) in [4.78, 5) is 0.159. The number of rotatable bonds is 8. The van der Waals surface area contributed by atoms with E-state index < -0.39 is 10.0 Å². The number of benzene rings is 1. The summed E-state index contributed by atoms with van der Waals surface area (Å²) in [7, 11) is -3.58. The normalized spacial score (nSPS) is 12.3. The highest BCUT2D eigenvalue weighted by atomic mass is 35.5. The van der Waals surface area contributed by atoms with E-state index in [0.29, 0.717) is 13.1 Å². The number of halogens is 1. The molecule has 0 unspecified atom stereocenters. The molecule has 0 radical (unpaired) electrons. The summed E-state index contributed by atoms with van der Waals surface area (Å²) < 4.78 is 27.1. The first-order valence-corrected chi connectivity index (χ1v) is 9.16. The Kier molecular flexibility index (Phi) is 7.13. The third-order valence-corrected chi connectivity index (χ3v) is 5.93. The van der Waals surface area contributed by atoms with Gasteiger partial charge < -0.3 is 5.73 Å². The summed E-state index contributed by atoms with van der Waals surface area (Å²) >= 11 is 6.14. The summed E-state index contributed by atoms with van der Waals surface area (Å²) in [6, 6.07) is 4.79. The molecule has 0 aliphatic heterocycles. The molecule has 1 aromatic carbocycles. The fraction of sp³-hybridized carbons (Fsp3) is 0.600. The fourth-order valence-corrected chi connectivity index (χ4v) is 4.40. The van der Waals surface area contributed by atoms with Gasteiger partial charge in [-0.1, -0.05) is 37.4 Å². The van der Waals surface area contributed by atoms with Gasteiger partial charge in [-0.15, -0.1) is 0 Å². The van der Waals surface area contributed by atoms with Crippen LogP contribution in [-0.2, 0) is 16.6 Å². The van der Waals surface area contributed by atoms with E-state index in [0.717, 1.165) is 24.8 Å². The number of hydrogen-bond donors (Lipinski definition) is 1. The van der Waals surface area contributed by atoms with Crippen LogP contribution >= 0.6 is 11.6 Å². The van der Waals surface area contributed by atoms with Crippen molar-refractivity contribution in [1.29, 1.82) is 0 Å². The molecule has 0 atom stereocenters. The van der Waals surface area contributed by atoms with Gasteiger partial charge in [0.1, 0.15) is 4.90 Å². The molecular weight excluding hydrogens is 308 g/mol. The number of unbranched alkanes of at least 4 members (excludes halogenated alkanes) is 2. The first-order chi connectivity index (χ1) is 9.84. The van der Waals surface area contributed by atoms with Crippen molar-refractivity contribution in [2.45, 2.75) is 57.5 Å². The Morgan fingerprint density at radius 2 is 1.95 bits per heavy atom. The third kappa shape index (κ3) is 4.68. The zero-order valence-electron chi connectivity index (χ0n) is 13.0. The van der Waals surface area contributed by atoms with Gasteiger partial charge in [-0.05, 0) is 38.0 Å². The second kappa shape index (κ2) is 8.13. The van der Waals surface area contributed by atoms with E-state index in [2.05, 4.69) is 6.92 Å². The van der Waals surface area contributed by atoms with E-state index >= 15 is 0 Å². The molecule has 0 bridgehead atoms. The van der Waals surface area contributed by atoms with Gasteiger partial charge in [0.2, 0.25) is 10.0 Å². The summed E-state index contributed by atoms with van der Waals surface area (Å²) in [6.45, 7) is 6.71. The predicted octanol–water partition coefficient (Wildman–Crippen LogP) is 3.39. The SMILES string of the molecule is CCCCCN(C(C)C)S(=O)(=O)c1ccc(CN)cc1Cl. The molecule has 0 aliphatic rings. The number of hydrogen-bond acceptors (Lipinski definition) is 3. The van der Waals surface area contributed by atoms with Crippen LogP contribution in [0.15, 0.2) is 23.1 Å². The highest BCUT2D eigenvalue weighted by Gasteiger charge is 2.28. The molecular formula is C15H25ClN2O2S. The lowest BCUT2D eigenvalue weighted by Gasteiger charge is -2.26. The topological polar surface area (TPSA) is 63.4 Å². The number of sulfonamides is 1. The molecule has 2 N–H and O–H groups in total. The second-order valence-corrected chi connectivity index (χ2v) is 7.65. The minimum Gasteiger partial charge on any atom is -0.326 e. The van der Waals surface area contributed by atoms with Crippen LogP contribution < -0.4 is 5.73 Å². The molecule has 0 saturated carbocycles. The van der Waals surface area contributed by atoms with E-state index in [-0.39, 0.29) is 16.0 Å². The maximum Gasteiger partial charge on any atom is 0.244 e. The van der Waals surface area contributed by atoms with Gasteiger partial charge in [-0.2, -0.15) is 4.31 Å². The largest absolute Gasteiger partial charge is 0.326 e. The highest BCUT2D eigenvalue weighted by molar-refractivity contribution is 7.89. The van der Waals surface area contributed by atoms with Crippen molar-refractivity contribution >= 4 is 21.6 Å². The van der Waals surface area contributed by atoms with Crippen LogP contribution in [0.25, 0.3) is 0 Å². The number of nitrogens with zero attached hydrogens (tertiary/aromatic N) is 1. The average Bonchev–Trinajstić information content (AvgIpc) is 2.42. The van der Waals surface area contributed by atoms with Crippen LogP contribution in [0.4, 0.5) is 0 Å². The van der Waals surface area contributed by atoms with Gasteiger partial charge in [-0.25, -0.2) is 8.42 Å². The van der Waals surface area contributed by atoms with E-state index in [4.69, 9.17) is 17.3 Å². The Morgan fingerprint density at radius 3 is 2.43 bits per heavy atom. The summed E-state index contributed by atoms with van der Waals surface area (Å²) in [5.74, 6) is 0. The molecule has 0 amide bonds. The van der Waals surface area contributed by atoms with Gasteiger partial charge >= 0.3 is 0 Å². The molecule has 4 nitrogen and oxygen atoms in total. The van der Waals surface area contributed by atoms with Crippen LogP contribution in [0.5, 0.6) is 0 Å². The number of nitrogens with two attached hydrogens (primary N) is 1. The van der Waals surface area contributed by atoms with Crippen molar-refractivity contribution in [2.24, 2.45) is 5.73 Å². The molecule has 0 spiro atoms. The fourth-order valence-electron chi connectivity index (χ4n) is 2.18.